The molecule has 0 aliphatic carbocycles. The molecule has 0 spiro atoms. The summed E-state index contributed by atoms with van der Waals surface area (Å²) in [5.41, 5.74) is 4.87. The quantitative estimate of drug-likeness (QED) is 0.211. The Morgan fingerprint density at radius 2 is 1.64 bits per heavy atom. The Labute approximate surface area is 212 Å². The van der Waals surface area contributed by atoms with Crippen molar-refractivity contribution in [1.29, 1.82) is 0 Å². The molecule has 7 nitrogen and oxygen atoms in total. The lowest BCUT2D eigenvalue weighted by atomic mass is 9.89. The topological polar surface area (TPSA) is 67.1 Å². The highest BCUT2D eigenvalue weighted by Gasteiger charge is 2.31. The molecular formula is C29H36NO6+. The third kappa shape index (κ3) is 4.92. The van der Waals surface area contributed by atoms with Crippen LogP contribution >= 0.6 is 0 Å². The van der Waals surface area contributed by atoms with Gasteiger partial charge in [0.1, 0.15) is 0 Å². The van der Waals surface area contributed by atoms with Crippen molar-refractivity contribution in [3.05, 3.63) is 41.6 Å². The number of pyridine rings is 1. The lowest BCUT2D eigenvalue weighted by Gasteiger charge is -2.22. The number of unbranched alkanes of at least 4 members (excludes halogenated alkanes) is 2. The van der Waals surface area contributed by atoms with Crippen LogP contribution in [0.25, 0.3) is 22.0 Å². The highest BCUT2D eigenvalue weighted by Crippen LogP contribution is 2.42. The zero-order valence-electron chi connectivity index (χ0n) is 21.9. The molecule has 0 amide bonds. The van der Waals surface area contributed by atoms with Crippen molar-refractivity contribution < 1.29 is 33.0 Å². The molecule has 0 bridgehead atoms. The summed E-state index contributed by atoms with van der Waals surface area (Å²) in [5, 5.41) is 2.18. The van der Waals surface area contributed by atoms with Gasteiger partial charge in [-0.25, -0.2) is 0 Å². The predicted molar refractivity (Wildman–Crippen MR) is 138 cm³/mol. The zero-order valence-corrected chi connectivity index (χ0v) is 21.9. The normalized spacial score (nSPS) is 12.0. The first-order valence-corrected chi connectivity index (χ1v) is 12.6. The summed E-state index contributed by atoms with van der Waals surface area (Å²) in [6, 6.07) is 8.29. The van der Waals surface area contributed by atoms with Gasteiger partial charge in [0.2, 0.25) is 5.69 Å². The highest BCUT2D eigenvalue weighted by atomic mass is 16.5. The Bertz CT molecular complexity index is 1250. The molecule has 1 aliphatic rings. The minimum absolute atomic E-state index is 0.123. The van der Waals surface area contributed by atoms with Gasteiger partial charge in [0.25, 0.3) is 0 Å². The Hall–Kier alpha value is -3.48. The number of esters is 1. The second kappa shape index (κ2) is 11.5. The number of hydrogen-bond donors (Lipinski definition) is 0. The van der Waals surface area contributed by atoms with E-state index in [0.717, 1.165) is 72.2 Å². The van der Waals surface area contributed by atoms with E-state index in [-0.39, 0.29) is 5.97 Å². The van der Waals surface area contributed by atoms with Gasteiger partial charge in [0.05, 0.1) is 46.0 Å². The van der Waals surface area contributed by atoms with E-state index in [1.165, 1.54) is 16.8 Å². The van der Waals surface area contributed by atoms with Crippen LogP contribution in [-0.2, 0) is 28.9 Å². The molecule has 3 aromatic rings. The predicted octanol–water partition coefficient (Wildman–Crippen LogP) is 5.05. The number of ether oxygens (including phenoxy) is 5. The largest absolute Gasteiger partial charge is 0.493 e. The average molecular weight is 495 g/mol. The molecule has 36 heavy (non-hydrogen) atoms. The summed E-state index contributed by atoms with van der Waals surface area (Å²) in [6.07, 6.45) is 7.13. The van der Waals surface area contributed by atoms with Gasteiger partial charge < -0.3 is 23.7 Å². The fourth-order valence-electron chi connectivity index (χ4n) is 5.18. The molecule has 0 atom stereocenters. The van der Waals surface area contributed by atoms with E-state index in [1.54, 1.807) is 28.4 Å². The SMILES string of the molecule is CCOC(=O)CCCCCc1c2[n+](cc3c(OC)c(OC)ccc13)CCc1cc(OC)c(OC)cc1-2. The first-order valence-electron chi connectivity index (χ1n) is 12.6. The van der Waals surface area contributed by atoms with Gasteiger partial charge in [-0.2, -0.15) is 4.57 Å². The van der Waals surface area contributed by atoms with Crippen molar-refractivity contribution in [2.45, 2.75) is 52.0 Å². The van der Waals surface area contributed by atoms with Gasteiger partial charge in [0, 0.05) is 23.8 Å². The molecule has 7 heteroatoms. The van der Waals surface area contributed by atoms with Gasteiger partial charge in [-0.3, -0.25) is 4.79 Å². The van der Waals surface area contributed by atoms with Crippen LogP contribution in [0.4, 0.5) is 0 Å². The molecule has 2 aromatic carbocycles. The third-order valence-electron chi connectivity index (χ3n) is 6.87. The van der Waals surface area contributed by atoms with E-state index in [2.05, 4.69) is 29.0 Å². The number of aryl methyl sites for hydroxylation is 3. The minimum Gasteiger partial charge on any atom is -0.493 e. The number of methoxy groups -OCH3 is 4. The fraction of sp³-hybridized carbons (Fsp3) is 0.448. The van der Waals surface area contributed by atoms with Crippen molar-refractivity contribution in [3.8, 4) is 34.3 Å². The average Bonchev–Trinajstić information content (AvgIpc) is 2.90. The molecule has 2 heterocycles. The Morgan fingerprint density at radius 3 is 2.33 bits per heavy atom. The molecule has 0 saturated heterocycles. The number of carbonyl (C=O) groups is 1. The number of hydrogen-bond acceptors (Lipinski definition) is 6. The number of rotatable bonds is 11. The van der Waals surface area contributed by atoms with E-state index >= 15 is 0 Å². The van der Waals surface area contributed by atoms with Crippen molar-refractivity contribution in [2.24, 2.45) is 0 Å². The molecule has 1 aromatic heterocycles. The van der Waals surface area contributed by atoms with Gasteiger partial charge >= 0.3 is 5.97 Å². The van der Waals surface area contributed by atoms with E-state index < -0.39 is 0 Å². The lowest BCUT2D eigenvalue weighted by Crippen LogP contribution is -2.41. The molecule has 192 valence electrons. The summed E-state index contributed by atoms with van der Waals surface area (Å²) in [7, 11) is 6.69. The smallest absolute Gasteiger partial charge is 0.305 e. The summed E-state index contributed by atoms with van der Waals surface area (Å²) < 4.78 is 30.0. The summed E-state index contributed by atoms with van der Waals surface area (Å²) in [5.74, 6) is 2.80. The van der Waals surface area contributed by atoms with Gasteiger partial charge in [-0.15, -0.1) is 0 Å². The minimum atomic E-state index is -0.123. The summed E-state index contributed by atoms with van der Waals surface area (Å²) in [6.45, 7) is 3.12. The maximum absolute atomic E-state index is 11.8. The number of aromatic nitrogens is 1. The monoisotopic (exact) mass is 494 g/mol. The molecular weight excluding hydrogens is 458 g/mol. The van der Waals surface area contributed by atoms with Crippen LogP contribution in [0.1, 0.15) is 43.7 Å². The number of nitrogens with zero attached hydrogens (tertiary/aromatic N) is 1. The number of carbonyl (C=O) groups excluding carboxylic acids is 1. The summed E-state index contributed by atoms with van der Waals surface area (Å²) >= 11 is 0. The number of benzene rings is 2. The third-order valence-corrected chi connectivity index (χ3v) is 6.87. The van der Waals surface area contributed by atoms with E-state index in [1.807, 2.05) is 13.0 Å². The van der Waals surface area contributed by atoms with Crippen molar-refractivity contribution in [1.82, 2.24) is 0 Å². The Kier molecular flexibility index (Phi) is 8.18. The van der Waals surface area contributed by atoms with Crippen molar-refractivity contribution in [3.63, 3.8) is 0 Å². The summed E-state index contributed by atoms with van der Waals surface area (Å²) in [4.78, 5) is 11.8. The maximum atomic E-state index is 11.8. The molecule has 0 saturated carbocycles. The molecule has 0 radical (unpaired) electrons. The van der Waals surface area contributed by atoms with Crippen LogP contribution in [0.5, 0.6) is 23.0 Å². The van der Waals surface area contributed by atoms with Crippen molar-refractivity contribution in [2.75, 3.05) is 35.0 Å². The Balaban J connectivity index is 1.80. The highest BCUT2D eigenvalue weighted by molar-refractivity contribution is 5.95. The van der Waals surface area contributed by atoms with Gasteiger partial charge in [-0.1, -0.05) is 6.42 Å². The van der Waals surface area contributed by atoms with Crippen LogP contribution in [0.2, 0.25) is 0 Å². The van der Waals surface area contributed by atoms with Gasteiger partial charge in [-0.05, 0) is 56.0 Å². The van der Waals surface area contributed by atoms with Crippen LogP contribution in [0.3, 0.4) is 0 Å². The van der Waals surface area contributed by atoms with E-state index in [9.17, 15) is 4.79 Å². The fourth-order valence-corrected chi connectivity index (χ4v) is 5.18. The van der Waals surface area contributed by atoms with Crippen LogP contribution in [-0.4, -0.2) is 41.0 Å². The Morgan fingerprint density at radius 1 is 0.889 bits per heavy atom. The van der Waals surface area contributed by atoms with E-state index in [4.69, 9.17) is 23.7 Å². The molecule has 0 unspecified atom stereocenters. The zero-order chi connectivity index (χ0) is 25.7. The van der Waals surface area contributed by atoms with Crippen LogP contribution in [0.15, 0.2) is 30.5 Å². The van der Waals surface area contributed by atoms with Crippen LogP contribution in [0, 0.1) is 0 Å². The lowest BCUT2D eigenvalue weighted by molar-refractivity contribution is -0.686. The molecule has 4 rings (SSSR count). The maximum Gasteiger partial charge on any atom is 0.305 e. The number of fused-ring (bicyclic) bond motifs is 4. The first-order chi connectivity index (χ1) is 17.6. The van der Waals surface area contributed by atoms with Gasteiger partial charge in [0.15, 0.2) is 35.7 Å². The van der Waals surface area contributed by atoms with E-state index in [0.29, 0.717) is 18.8 Å². The second-order valence-corrected chi connectivity index (χ2v) is 8.89. The van der Waals surface area contributed by atoms with Crippen molar-refractivity contribution >= 4 is 16.7 Å². The second-order valence-electron chi connectivity index (χ2n) is 8.89. The standard InChI is InChI=1S/C29H36NO6/c1-6-36-27(31)11-9-7-8-10-21-20-12-13-24(32-2)29(35-5)23(20)18-30-15-14-19-16-25(33-3)26(34-4)17-22(19)28(21)30/h12-13,16-18H,6-11,14-15H2,1-5H3/q+1. The first kappa shape index (κ1) is 25.6. The molecule has 0 N–H and O–H groups in total. The molecule has 0 fully saturated rings. The van der Waals surface area contributed by atoms with Crippen LogP contribution < -0.4 is 23.5 Å². The molecule has 1 aliphatic heterocycles.